The molecule has 0 atom stereocenters. The lowest BCUT2D eigenvalue weighted by molar-refractivity contribution is 0.388. The molecular formula is C25H24FN3. The van der Waals surface area contributed by atoms with Gasteiger partial charge in [0.25, 0.3) is 0 Å². The first-order chi connectivity index (χ1) is 14.2. The summed E-state index contributed by atoms with van der Waals surface area (Å²) in [5.74, 6) is 2.65. The zero-order chi connectivity index (χ0) is 19.4. The second kappa shape index (κ2) is 6.65. The summed E-state index contributed by atoms with van der Waals surface area (Å²) in [6, 6.07) is 13.7. The van der Waals surface area contributed by atoms with Crippen molar-refractivity contribution in [2.45, 2.75) is 56.3 Å². The molecule has 146 valence electrons. The Morgan fingerprint density at radius 1 is 0.793 bits per heavy atom. The van der Waals surface area contributed by atoms with Crippen LogP contribution in [0, 0.1) is 5.82 Å². The molecule has 0 bridgehead atoms. The number of pyridine rings is 1. The molecule has 2 aromatic heterocycles. The largest absolute Gasteiger partial charge is 0.342 e. The van der Waals surface area contributed by atoms with E-state index < -0.39 is 0 Å². The Balaban J connectivity index is 1.23. The number of aromatic nitrogens is 3. The van der Waals surface area contributed by atoms with Gasteiger partial charge >= 0.3 is 0 Å². The third-order valence-electron chi connectivity index (χ3n) is 6.87. The molecule has 2 aliphatic rings. The summed E-state index contributed by atoms with van der Waals surface area (Å²) in [7, 11) is 0. The Kier molecular flexibility index (Phi) is 3.93. The van der Waals surface area contributed by atoms with Crippen LogP contribution in [-0.4, -0.2) is 15.0 Å². The molecule has 2 saturated carbocycles. The van der Waals surface area contributed by atoms with Gasteiger partial charge in [-0.2, -0.15) is 0 Å². The van der Waals surface area contributed by atoms with Crippen molar-refractivity contribution in [2.24, 2.45) is 0 Å². The van der Waals surface area contributed by atoms with Crippen molar-refractivity contribution in [3.05, 3.63) is 71.4 Å². The average molecular weight is 385 g/mol. The number of hydrogen-bond acceptors (Lipinski definition) is 2. The van der Waals surface area contributed by atoms with E-state index in [0.29, 0.717) is 11.8 Å². The van der Waals surface area contributed by atoms with E-state index in [9.17, 15) is 4.39 Å². The highest BCUT2D eigenvalue weighted by atomic mass is 19.1. The fourth-order valence-electron chi connectivity index (χ4n) is 5.08. The number of benzene rings is 2. The molecule has 1 N–H and O–H groups in total. The van der Waals surface area contributed by atoms with Crippen molar-refractivity contribution in [2.75, 3.05) is 0 Å². The number of aromatic amines is 1. The monoisotopic (exact) mass is 385 g/mol. The van der Waals surface area contributed by atoms with Crippen LogP contribution in [0.1, 0.15) is 73.2 Å². The second-order valence-corrected chi connectivity index (χ2v) is 8.78. The Morgan fingerprint density at radius 2 is 1.59 bits per heavy atom. The van der Waals surface area contributed by atoms with Gasteiger partial charge in [-0.1, -0.05) is 6.07 Å². The van der Waals surface area contributed by atoms with Gasteiger partial charge in [0.15, 0.2) is 0 Å². The van der Waals surface area contributed by atoms with Gasteiger partial charge in [-0.05, 0) is 97.9 Å². The van der Waals surface area contributed by atoms with E-state index in [0.717, 1.165) is 59.4 Å². The van der Waals surface area contributed by atoms with E-state index >= 15 is 0 Å². The van der Waals surface area contributed by atoms with Crippen LogP contribution in [0.2, 0.25) is 0 Å². The summed E-state index contributed by atoms with van der Waals surface area (Å²) < 4.78 is 13.8. The summed E-state index contributed by atoms with van der Waals surface area (Å²) in [6.07, 6.45) is 8.92. The molecule has 3 nitrogen and oxygen atoms in total. The van der Waals surface area contributed by atoms with Crippen molar-refractivity contribution in [3.8, 4) is 0 Å². The Bertz CT molecular complexity index is 1200. The molecule has 0 amide bonds. The molecule has 0 radical (unpaired) electrons. The molecule has 0 spiro atoms. The van der Waals surface area contributed by atoms with Crippen LogP contribution in [0.3, 0.4) is 0 Å². The van der Waals surface area contributed by atoms with Crippen molar-refractivity contribution in [1.29, 1.82) is 0 Å². The van der Waals surface area contributed by atoms with E-state index in [1.807, 2.05) is 6.20 Å². The van der Waals surface area contributed by atoms with Crippen LogP contribution in [0.5, 0.6) is 0 Å². The van der Waals surface area contributed by atoms with Crippen LogP contribution in [0.25, 0.3) is 21.9 Å². The summed E-state index contributed by atoms with van der Waals surface area (Å²) in [5, 5.41) is 0.965. The van der Waals surface area contributed by atoms with Crippen LogP contribution < -0.4 is 0 Å². The molecule has 0 aliphatic heterocycles. The van der Waals surface area contributed by atoms with Gasteiger partial charge in [0.1, 0.15) is 11.6 Å². The molecule has 2 aliphatic carbocycles. The molecule has 0 saturated heterocycles. The first-order valence-corrected chi connectivity index (χ1v) is 10.8. The lowest BCUT2D eigenvalue weighted by atomic mass is 9.77. The Hall–Kier alpha value is -2.75. The van der Waals surface area contributed by atoms with Gasteiger partial charge in [0.2, 0.25) is 0 Å². The zero-order valence-corrected chi connectivity index (χ0v) is 16.4. The summed E-state index contributed by atoms with van der Waals surface area (Å²) in [4.78, 5) is 12.9. The number of nitrogens with zero attached hydrogens (tertiary/aromatic N) is 2. The van der Waals surface area contributed by atoms with Gasteiger partial charge < -0.3 is 4.98 Å². The number of rotatable bonds is 3. The van der Waals surface area contributed by atoms with Gasteiger partial charge in [-0.3, -0.25) is 4.98 Å². The summed E-state index contributed by atoms with van der Waals surface area (Å²) in [5.41, 5.74) is 5.83. The predicted octanol–water partition coefficient (Wildman–Crippen LogP) is 6.57. The number of fused-ring (bicyclic) bond motifs is 2. The number of imidazole rings is 1. The maximum atomic E-state index is 13.8. The number of hydrogen-bond donors (Lipinski definition) is 1. The van der Waals surface area contributed by atoms with Gasteiger partial charge in [0, 0.05) is 17.5 Å². The molecule has 0 unspecified atom stereocenters. The third-order valence-corrected chi connectivity index (χ3v) is 6.87. The second-order valence-electron chi connectivity index (χ2n) is 8.78. The van der Waals surface area contributed by atoms with E-state index in [-0.39, 0.29) is 5.82 Å². The molecule has 2 heterocycles. The SMILES string of the molecule is Fc1ccc2nccc([C@H]3CC[C@H](c4nc5cc(C6CC6)ccc5[nH]4)CC3)c2c1. The van der Waals surface area contributed by atoms with E-state index in [1.54, 1.807) is 12.1 Å². The van der Waals surface area contributed by atoms with Crippen LogP contribution >= 0.6 is 0 Å². The highest BCUT2D eigenvalue weighted by Crippen LogP contribution is 2.43. The minimum atomic E-state index is -0.187. The zero-order valence-electron chi connectivity index (χ0n) is 16.4. The first kappa shape index (κ1) is 17.1. The van der Waals surface area contributed by atoms with E-state index in [1.165, 1.54) is 30.0 Å². The van der Waals surface area contributed by atoms with Gasteiger partial charge in [0.05, 0.1) is 16.6 Å². The molecule has 4 aromatic rings. The standard InChI is InChI=1S/C25H24FN3/c26-19-8-10-22-21(14-19)20(11-12-27-22)16-3-5-17(6-4-16)25-28-23-9-7-18(15-1-2-15)13-24(23)29-25/h7-17H,1-6H2,(H,28,29)/t16-,17-. The topological polar surface area (TPSA) is 41.6 Å². The number of halogens is 1. The van der Waals surface area contributed by atoms with Crippen LogP contribution in [0.15, 0.2) is 48.7 Å². The Labute approximate surface area is 169 Å². The number of nitrogens with one attached hydrogen (secondary N) is 1. The summed E-state index contributed by atoms with van der Waals surface area (Å²) >= 11 is 0. The molecule has 29 heavy (non-hydrogen) atoms. The average Bonchev–Trinajstić information content (AvgIpc) is 3.52. The highest BCUT2D eigenvalue weighted by molar-refractivity contribution is 5.82. The highest BCUT2D eigenvalue weighted by Gasteiger charge is 2.27. The van der Waals surface area contributed by atoms with Crippen molar-refractivity contribution >= 4 is 21.9 Å². The minimum Gasteiger partial charge on any atom is -0.342 e. The summed E-state index contributed by atoms with van der Waals surface area (Å²) in [6.45, 7) is 0. The van der Waals surface area contributed by atoms with E-state index in [2.05, 4.69) is 34.2 Å². The molecule has 4 heteroatoms. The van der Waals surface area contributed by atoms with Gasteiger partial charge in [-0.15, -0.1) is 0 Å². The number of H-pyrrole nitrogens is 1. The maximum absolute atomic E-state index is 13.8. The normalized spacial score (nSPS) is 22.4. The predicted molar refractivity (Wildman–Crippen MR) is 114 cm³/mol. The fourth-order valence-corrected chi connectivity index (χ4v) is 5.08. The lowest BCUT2D eigenvalue weighted by Crippen LogP contribution is -2.13. The Morgan fingerprint density at radius 3 is 2.41 bits per heavy atom. The molecule has 6 rings (SSSR count). The first-order valence-electron chi connectivity index (χ1n) is 10.8. The molecule has 2 fully saturated rings. The van der Waals surface area contributed by atoms with Crippen molar-refractivity contribution < 1.29 is 4.39 Å². The maximum Gasteiger partial charge on any atom is 0.123 e. The van der Waals surface area contributed by atoms with Crippen molar-refractivity contribution in [1.82, 2.24) is 15.0 Å². The lowest BCUT2D eigenvalue weighted by Gasteiger charge is -2.28. The smallest absolute Gasteiger partial charge is 0.123 e. The fraction of sp³-hybridized carbons (Fsp3) is 0.360. The van der Waals surface area contributed by atoms with E-state index in [4.69, 9.17) is 4.98 Å². The van der Waals surface area contributed by atoms with Crippen LogP contribution in [-0.2, 0) is 0 Å². The van der Waals surface area contributed by atoms with Gasteiger partial charge in [-0.25, -0.2) is 9.37 Å². The quantitative estimate of drug-likeness (QED) is 0.433. The van der Waals surface area contributed by atoms with Crippen molar-refractivity contribution in [3.63, 3.8) is 0 Å². The molecular weight excluding hydrogens is 361 g/mol. The van der Waals surface area contributed by atoms with Crippen LogP contribution in [0.4, 0.5) is 4.39 Å². The molecule has 2 aromatic carbocycles. The minimum absolute atomic E-state index is 0.187. The third kappa shape index (κ3) is 3.11.